The van der Waals surface area contributed by atoms with Gasteiger partial charge in [0.2, 0.25) is 0 Å². The van der Waals surface area contributed by atoms with Crippen LogP contribution in [0.2, 0.25) is 17.7 Å². The third kappa shape index (κ3) is 11.2. The van der Waals surface area contributed by atoms with Gasteiger partial charge in [-0.25, -0.2) is 0 Å². The van der Waals surface area contributed by atoms with Crippen molar-refractivity contribution in [3.05, 3.63) is 0 Å². The molecule has 0 aromatic carbocycles. The molecule has 0 amide bonds. The van der Waals surface area contributed by atoms with Crippen LogP contribution in [0.15, 0.2) is 0 Å². The number of piperidine rings is 1. The molecule has 1 aliphatic heterocycles. The summed E-state index contributed by atoms with van der Waals surface area (Å²) in [6, 6.07) is 0. The van der Waals surface area contributed by atoms with Gasteiger partial charge in [0.15, 0.2) is 0 Å². The summed E-state index contributed by atoms with van der Waals surface area (Å²) < 4.78 is 18.1. The van der Waals surface area contributed by atoms with E-state index in [4.69, 9.17) is 9.47 Å². The Morgan fingerprint density at radius 2 is 1.52 bits per heavy atom. The molecular formula is C26H53NO3Sn. The number of ether oxygens (including phenoxy) is 2. The number of hydrogen-bond acceptors (Lipinski definition) is 4. The van der Waals surface area contributed by atoms with Gasteiger partial charge in [0.05, 0.1) is 0 Å². The summed E-state index contributed by atoms with van der Waals surface area (Å²) in [6.07, 6.45) is 13.3. The molecule has 1 rings (SSSR count). The Kier molecular flexibility index (Phi) is 15.8. The van der Waals surface area contributed by atoms with E-state index in [9.17, 15) is 4.79 Å². The molecule has 1 heterocycles. The summed E-state index contributed by atoms with van der Waals surface area (Å²) in [5.41, 5.74) is 0. The molecule has 184 valence electrons. The van der Waals surface area contributed by atoms with E-state index >= 15 is 0 Å². The topological polar surface area (TPSA) is 38.8 Å². The molecule has 1 saturated heterocycles. The van der Waals surface area contributed by atoms with Crippen molar-refractivity contribution in [1.29, 1.82) is 0 Å². The van der Waals surface area contributed by atoms with Crippen molar-refractivity contribution >= 4 is 24.3 Å². The summed E-state index contributed by atoms with van der Waals surface area (Å²) in [5, 5.41) is 0. The van der Waals surface area contributed by atoms with Crippen LogP contribution in [-0.4, -0.2) is 68.7 Å². The number of carbonyl (C=O) groups is 1. The van der Waals surface area contributed by atoms with Gasteiger partial charge in [0, 0.05) is 0 Å². The number of esters is 1. The molecule has 31 heavy (non-hydrogen) atoms. The van der Waals surface area contributed by atoms with Crippen molar-refractivity contribution in [2.24, 2.45) is 5.92 Å². The van der Waals surface area contributed by atoms with Crippen LogP contribution in [0.1, 0.15) is 91.9 Å². The van der Waals surface area contributed by atoms with Gasteiger partial charge in [0.1, 0.15) is 0 Å². The third-order valence-corrected chi connectivity index (χ3v) is 23.7. The van der Waals surface area contributed by atoms with E-state index < -0.39 is 18.4 Å². The van der Waals surface area contributed by atoms with E-state index in [0.29, 0.717) is 5.92 Å². The first-order valence-corrected chi connectivity index (χ1v) is 21.4. The number of carbonyl (C=O) groups excluding carboxylic acids is 1. The van der Waals surface area contributed by atoms with Crippen molar-refractivity contribution in [2.45, 2.75) is 122 Å². The standard InChI is InChI=1S/C14H26NO3.3C4H9.Sn/c1-5-6-7-13(17-4)12-10-15(3)9-8-14(12)18-11(2)16;3*1-3-4-2;/h12-14H,1,5-10H2,2-4H3;3*1,3-4H2,2H3;. The molecule has 0 aliphatic carbocycles. The van der Waals surface area contributed by atoms with Crippen molar-refractivity contribution in [2.75, 3.05) is 27.2 Å². The zero-order chi connectivity index (χ0) is 23.1. The van der Waals surface area contributed by atoms with Crippen LogP contribution in [0.4, 0.5) is 0 Å². The molecule has 0 radical (unpaired) electrons. The molecule has 3 atom stereocenters. The minimum atomic E-state index is -2.01. The number of methoxy groups -OCH3 is 1. The van der Waals surface area contributed by atoms with Gasteiger partial charge in [-0.2, -0.15) is 0 Å². The Morgan fingerprint density at radius 1 is 0.968 bits per heavy atom. The summed E-state index contributed by atoms with van der Waals surface area (Å²) >= 11 is -2.01. The zero-order valence-corrected chi connectivity index (χ0v) is 24.6. The van der Waals surface area contributed by atoms with E-state index in [1.165, 1.54) is 58.3 Å². The van der Waals surface area contributed by atoms with E-state index in [-0.39, 0.29) is 18.2 Å². The first kappa shape index (κ1) is 29.2. The van der Waals surface area contributed by atoms with E-state index in [2.05, 4.69) is 32.7 Å². The van der Waals surface area contributed by atoms with Crippen LogP contribution in [0, 0.1) is 5.92 Å². The average Bonchev–Trinajstić information content (AvgIpc) is 2.75. The molecule has 0 bridgehead atoms. The van der Waals surface area contributed by atoms with Crippen molar-refractivity contribution in [3.63, 3.8) is 0 Å². The van der Waals surface area contributed by atoms with Crippen LogP contribution in [-0.2, 0) is 14.3 Å². The predicted octanol–water partition coefficient (Wildman–Crippen LogP) is 6.90. The van der Waals surface area contributed by atoms with Crippen LogP contribution in [0.25, 0.3) is 0 Å². The summed E-state index contributed by atoms with van der Waals surface area (Å²) in [4.78, 5) is 14.0. The van der Waals surface area contributed by atoms with Gasteiger partial charge in [-0.05, 0) is 0 Å². The Balaban J connectivity index is 2.68. The molecule has 0 aromatic heterocycles. The predicted molar refractivity (Wildman–Crippen MR) is 136 cm³/mol. The Morgan fingerprint density at radius 3 is 2.00 bits per heavy atom. The quantitative estimate of drug-likeness (QED) is 0.113. The molecule has 1 fully saturated rings. The number of unbranched alkanes of at least 4 members (excludes halogenated alkanes) is 4. The Labute approximate surface area is 198 Å². The normalized spacial score (nSPS) is 21.2. The van der Waals surface area contributed by atoms with E-state index in [1.807, 2.05) is 7.11 Å². The van der Waals surface area contributed by atoms with Crippen LogP contribution in [0.5, 0.6) is 0 Å². The van der Waals surface area contributed by atoms with Gasteiger partial charge in [0.25, 0.3) is 0 Å². The van der Waals surface area contributed by atoms with Gasteiger partial charge in [-0.15, -0.1) is 0 Å². The summed E-state index contributed by atoms with van der Waals surface area (Å²) in [5.74, 6) is 0.136. The Bertz CT molecular complexity index is 452. The minimum absolute atomic E-state index is 0.00979. The maximum atomic E-state index is 11.6. The second kappa shape index (κ2) is 16.7. The van der Waals surface area contributed by atoms with Crippen molar-refractivity contribution in [3.8, 4) is 0 Å². The zero-order valence-electron chi connectivity index (χ0n) is 21.7. The molecule has 1 aliphatic rings. The van der Waals surface area contributed by atoms with Gasteiger partial charge in [-0.3, -0.25) is 0 Å². The molecule has 5 heteroatoms. The molecule has 3 unspecified atom stereocenters. The summed E-state index contributed by atoms with van der Waals surface area (Å²) in [7, 11) is 4.01. The fraction of sp³-hybridized carbons (Fsp3) is 0.962. The molecule has 0 N–H and O–H groups in total. The van der Waals surface area contributed by atoms with Crippen LogP contribution in [0.3, 0.4) is 0 Å². The average molecular weight is 546 g/mol. The second-order valence-electron chi connectivity index (χ2n) is 10.2. The fourth-order valence-electron chi connectivity index (χ4n) is 5.60. The van der Waals surface area contributed by atoms with Crippen molar-refractivity contribution < 1.29 is 14.3 Å². The molecule has 0 aromatic rings. The first-order chi connectivity index (χ1) is 14.9. The number of rotatable bonds is 17. The molecule has 0 saturated carbocycles. The summed E-state index contributed by atoms with van der Waals surface area (Å²) in [6.45, 7) is 10.6. The second-order valence-corrected chi connectivity index (χ2v) is 24.5. The SMILES string of the molecule is CCC[CH2][Sn]([CH2]CCC)([CH2]CCC)[CH2]CCCC(OC)C1CN(C)CCC1OC(C)=O. The number of nitrogens with zero attached hydrogens (tertiary/aromatic N) is 1. The number of likely N-dealkylation sites (tertiary alicyclic amines) is 1. The van der Waals surface area contributed by atoms with Crippen molar-refractivity contribution in [1.82, 2.24) is 4.90 Å². The third-order valence-electron chi connectivity index (χ3n) is 7.52. The van der Waals surface area contributed by atoms with Gasteiger partial charge >= 0.3 is 199 Å². The first-order valence-electron chi connectivity index (χ1n) is 13.3. The fourth-order valence-corrected chi connectivity index (χ4v) is 22.2. The van der Waals surface area contributed by atoms with Crippen LogP contribution >= 0.6 is 0 Å². The van der Waals surface area contributed by atoms with E-state index in [0.717, 1.165) is 25.9 Å². The monoisotopic (exact) mass is 547 g/mol. The van der Waals surface area contributed by atoms with Gasteiger partial charge in [-0.1, -0.05) is 0 Å². The van der Waals surface area contributed by atoms with Gasteiger partial charge < -0.3 is 0 Å². The Hall–Kier alpha value is 0.189. The molecule has 0 spiro atoms. The molecule has 4 nitrogen and oxygen atoms in total. The number of hydrogen-bond donors (Lipinski definition) is 0. The maximum absolute atomic E-state index is 11.6. The van der Waals surface area contributed by atoms with Crippen LogP contribution < -0.4 is 0 Å². The molecular weight excluding hydrogens is 493 g/mol. The van der Waals surface area contributed by atoms with E-state index in [1.54, 1.807) is 17.7 Å².